The molecule has 0 aliphatic carbocycles. The Balaban J connectivity index is 2.35. The highest BCUT2D eigenvalue weighted by Crippen LogP contribution is 2.22. The summed E-state index contributed by atoms with van der Waals surface area (Å²) >= 11 is 0. The van der Waals surface area contributed by atoms with Gasteiger partial charge in [0.2, 0.25) is 0 Å². The predicted molar refractivity (Wildman–Crippen MR) is 64.4 cm³/mol. The summed E-state index contributed by atoms with van der Waals surface area (Å²) in [7, 11) is 0. The van der Waals surface area contributed by atoms with Crippen LogP contribution in [0.15, 0.2) is 24.3 Å². The maximum atomic E-state index is 11.9. The van der Waals surface area contributed by atoms with Crippen molar-refractivity contribution in [2.45, 2.75) is 38.4 Å². The van der Waals surface area contributed by atoms with Crippen molar-refractivity contribution in [1.29, 1.82) is 0 Å². The standard InChI is InChI=1S/C13H18F3NO/c1-2-12(17)10-4-6-11(7-5-10)18-9-3-8-13(14,15)16/h4-7,12H,2-3,8-9,17H2,1H3/t12-/m1/s1. The summed E-state index contributed by atoms with van der Waals surface area (Å²) in [5.41, 5.74) is 6.85. The van der Waals surface area contributed by atoms with E-state index in [9.17, 15) is 13.2 Å². The molecule has 0 unspecified atom stereocenters. The number of nitrogens with two attached hydrogens (primary N) is 1. The Morgan fingerprint density at radius 1 is 1.22 bits per heavy atom. The highest BCUT2D eigenvalue weighted by molar-refractivity contribution is 5.28. The third kappa shape index (κ3) is 5.40. The fourth-order valence-electron chi connectivity index (χ4n) is 1.51. The molecular weight excluding hydrogens is 243 g/mol. The van der Waals surface area contributed by atoms with Crippen molar-refractivity contribution in [2.75, 3.05) is 6.61 Å². The summed E-state index contributed by atoms with van der Waals surface area (Å²) in [6, 6.07) is 7.14. The van der Waals surface area contributed by atoms with E-state index in [1.54, 1.807) is 12.1 Å². The van der Waals surface area contributed by atoms with Crippen molar-refractivity contribution in [3.63, 3.8) is 0 Å². The summed E-state index contributed by atoms with van der Waals surface area (Å²) in [6.07, 6.45) is -4.11. The maximum Gasteiger partial charge on any atom is 0.389 e. The van der Waals surface area contributed by atoms with Gasteiger partial charge in [-0.25, -0.2) is 0 Å². The van der Waals surface area contributed by atoms with E-state index >= 15 is 0 Å². The molecule has 0 saturated carbocycles. The zero-order chi connectivity index (χ0) is 13.6. The van der Waals surface area contributed by atoms with Gasteiger partial charge in [0.1, 0.15) is 5.75 Å². The zero-order valence-corrected chi connectivity index (χ0v) is 10.3. The van der Waals surface area contributed by atoms with Crippen LogP contribution in [0, 0.1) is 0 Å². The lowest BCUT2D eigenvalue weighted by Gasteiger charge is -2.11. The smallest absolute Gasteiger partial charge is 0.389 e. The van der Waals surface area contributed by atoms with Crippen LogP contribution >= 0.6 is 0 Å². The van der Waals surface area contributed by atoms with Gasteiger partial charge in [0.15, 0.2) is 0 Å². The molecule has 0 heterocycles. The molecule has 0 bridgehead atoms. The molecule has 0 aromatic heterocycles. The van der Waals surface area contributed by atoms with Crippen molar-refractivity contribution >= 4 is 0 Å². The molecule has 1 atom stereocenters. The fraction of sp³-hybridized carbons (Fsp3) is 0.538. The number of hydrogen-bond donors (Lipinski definition) is 1. The van der Waals surface area contributed by atoms with Crippen LogP contribution in [-0.4, -0.2) is 12.8 Å². The normalized spacial score (nSPS) is 13.4. The topological polar surface area (TPSA) is 35.2 Å². The molecule has 1 aromatic carbocycles. The van der Waals surface area contributed by atoms with Gasteiger partial charge in [0.25, 0.3) is 0 Å². The number of halogens is 3. The summed E-state index contributed by atoms with van der Waals surface area (Å²) in [5.74, 6) is 0.573. The lowest BCUT2D eigenvalue weighted by molar-refractivity contribution is -0.136. The monoisotopic (exact) mass is 261 g/mol. The van der Waals surface area contributed by atoms with E-state index < -0.39 is 12.6 Å². The van der Waals surface area contributed by atoms with E-state index in [0.717, 1.165) is 12.0 Å². The fourth-order valence-corrected chi connectivity index (χ4v) is 1.51. The minimum atomic E-state index is -4.11. The van der Waals surface area contributed by atoms with Crippen molar-refractivity contribution in [3.05, 3.63) is 29.8 Å². The molecule has 0 fully saturated rings. The van der Waals surface area contributed by atoms with Crippen molar-refractivity contribution in [2.24, 2.45) is 5.73 Å². The molecule has 0 radical (unpaired) electrons. The summed E-state index contributed by atoms with van der Waals surface area (Å²) < 4.78 is 40.9. The Bertz CT molecular complexity index is 348. The van der Waals surface area contributed by atoms with Gasteiger partial charge in [-0.1, -0.05) is 19.1 Å². The molecule has 1 rings (SSSR count). The molecule has 0 saturated heterocycles. The van der Waals surface area contributed by atoms with Gasteiger partial charge < -0.3 is 10.5 Å². The highest BCUT2D eigenvalue weighted by Gasteiger charge is 2.26. The van der Waals surface area contributed by atoms with Gasteiger partial charge in [0.05, 0.1) is 6.61 Å². The van der Waals surface area contributed by atoms with Crippen LogP contribution in [-0.2, 0) is 0 Å². The molecule has 2 N–H and O–H groups in total. The van der Waals surface area contributed by atoms with Crippen LogP contribution in [0.25, 0.3) is 0 Å². The predicted octanol–water partition coefficient (Wildman–Crippen LogP) is 3.82. The first-order valence-electron chi connectivity index (χ1n) is 5.97. The number of hydrogen-bond acceptors (Lipinski definition) is 2. The molecule has 0 amide bonds. The number of alkyl halides is 3. The van der Waals surface area contributed by atoms with Crippen molar-refractivity contribution in [3.8, 4) is 5.75 Å². The minimum Gasteiger partial charge on any atom is -0.494 e. The van der Waals surface area contributed by atoms with E-state index in [1.165, 1.54) is 0 Å². The van der Waals surface area contributed by atoms with Gasteiger partial charge in [-0.05, 0) is 30.5 Å². The summed E-state index contributed by atoms with van der Waals surface area (Å²) in [6.45, 7) is 2.06. The minimum absolute atomic E-state index is 0.00993. The number of ether oxygens (including phenoxy) is 1. The van der Waals surface area contributed by atoms with E-state index in [0.29, 0.717) is 5.75 Å². The third-order valence-corrected chi connectivity index (χ3v) is 2.62. The molecule has 2 nitrogen and oxygen atoms in total. The second-order valence-electron chi connectivity index (χ2n) is 4.15. The maximum absolute atomic E-state index is 11.9. The molecule has 0 aliphatic heterocycles. The first kappa shape index (κ1) is 14.8. The van der Waals surface area contributed by atoms with Crippen LogP contribution in [0.1, 0.15) is 37.8 Å². The molecule has 1 aromatic rings. The van der Waals surface area contributed by atoms with E-state index in [1.807, 2.05) is 19.1 Å². The molecule has 0 aliphatic rings. The molecule has 18 heavy (non-hydrogen) atoms. The van der Waals surface area contributed by atoms with Crippen LogP contribution < -0.4 is 10.5 Å². The molecule has 0 spiro atoms. The van der Waals surface area contributed by atoms with E-state index in [-0.39, 0.29) is 19.1 Å². The second kappa shape index (κ2) is 6.64. The lowest BCUT2D eigenvalue weighted by atomic mass is 10.1. The van der Waals surface area contributed by atoms with E-state index in [4.69, 9.17) is 10.5 Å². The van der Waals surface area contributed by atoms with Gasteiger partial charge in [-0.15, -0.1) is 0 Å². The van der Waals surface area contributed by atoms with Crippen molar-refractivity contribution < 1.29 is 17.9 Å². The largest absolute Gasteiger partial charge is 0.494 e. The number of benzene rings is 1. The quantitative estimate of drug-likeness (QED) is 0.790. The molecular formula is C13H18F3NO. The first-order valence-corrected chi connectivity index (χ1v) is 5.97. The van der Waals surface area contributed by atoms with E-state index in [2.05, 4.69) is 0 Å². The molecule has 102 valence electrons. The average molecular weight is 261 g/mol. The summed E-state index contributed by atoms with van der Waals surface area (Å²) in [4.78, 5) is 0. The van der Waals surface area contributed by atoms with Crippen LogP contribution in [0.2, 0.25) is 0 Å². The van der Waals surface area contributed by atoms with Gasteiger partial charge in [-0.3, -0.25) is 0 Å². The Labute approximate surface area is 105 Å². The molecule has 5 heteroatoms. The van der Waals surface area contributed by atoms with Gasteiger partial charge in [0, 0.05) is 12.5 Å². The Hall–Kier alpha value is -1.23. The van der Waals surface area contributed by atoms with Gasteiger partial charge in [-0.2, -0.15) is 13.2 Å². The summed E-state index contributed by atoms with van der Waals surface area (Å²) in [5, 5.41) is 0. The van der Waals surface area contributed by atoms with Gasteiger partial charge >= 0.3 is 6.18 Å². The average Bonchev–Trinajstić information content (AvgIpc) is 2.33. The van der Waals surface area contributed by atoms with Crippen molar-refractivity contribution in [1.82, 2.24) is 0 Å². The van der Waals surface area contributed by atoms with Crippen LogP contribution in [0.4, 0.5) is 13.2 Å². The Morgan fingerprint density at radius 2 is 1.83 bits per heavy atom. The SMILES string of the molecule is CC[C@@H](N)c1ccc(OCCCC(F)(F)F)cc1. The van der Waals surface area contributed by atoms with Crippen LogP contribution in [0.3, 0.4) is 0 Å². The zero-order valence-electron chi connectivity index (χ0n) is 10.3. The van der Waals surface area contributed by atoms with Crippen LogP contribution in [0.5, 0.6) is 5.75 Å². The second-order valence-corrected chi connectivity index (χ2v) is 4.15. The Morgan fingerprint density at radius 3 is 2.33 bits per heavy atom. The first-order chi connectivity index (χ1) is 8.42. The lowest BCUT2D eigenvalue weighted by Crippen LogP contribution is -2.10. The number of rotatable bonds is 6. The Kier molecular flexibility index (Phi) is 5.47. The highest BCUT2D eigenvalue weighted by atomic mass is 19.4. The third-order valence-electron chi connectivity index (χ3n) is 2.62.